The van der Waals surface area contributed by atoms with Gasteiger partial charge in [-0.2, -0.15) is 0 Å². The van der Waals surface area contributed by atoms with Gasteiger partial charge >= 0.3 is 0 Å². The van der Waals surface area contributed by atoms with E-state index in [0.29, 0.717) is 10.7 Å². The van der Waals surface area contributed by atoms with E-state index < -0.39 is 5.91 Å². The number of methoxy groups -OCH3 is 1. The van der Waals surface area contributed by atoms with Crippen LogP contribution in [0.15, 0.2) is 30.5 Å². The molecule has 1 aromatic carbocycles. The van der Waals surface area contributed by atoms with Gasteiger partial charge in [-0.25, -0.2) is 0 Å². The minimum absolute atomic E-state index is 0.197. The van der Waals surface area contributed by atoms with Gasteiger partial charge in [-0.15, -0.1) is 0 Å². The molecule has 6 heteroatoms. The summed E-state index contributed by atoms with van der Waals surface area (Å²) in [6.45, 7) is 1.86. The monoisotopic (exact) mass is 310 g/mol. The molecule has 2 aromatic rings. The summed E-state index contributed by atoms with van der Waals surface area (Å²) in [6, 6.07) is 6.68. The number of amides is 1. The van der Waals surface area contributed by atoms with Crippen molar-refractivity contribution in [3.8, 4) is 5.75 Å². The Hall–Kier alpha value is -1.78. The molecular weight excluding hydrogens is 299 g/mol. The van der Waals surface area contributed by atoms with Crippen molar-refractivity contribution >= 4 is 34.8 Å². The van der Waals surface area contributed by atoms with Crippen LogP contribution < -0.4 is 10.1 Å². The molecule has 1 N–H and O–H groups in total. The minimum atomic E-state index is -0.403. The molecule has 104 valence electrons. The van der Waals surface area contributed by atoms with Gasteiger partial charge in [0.1, 0.15) is 5.56 Å². The number of hydrogen-bond acceptors (Lipinski definition) is 3. The maximum atomic E-state index is 12.3. The molecule has 0 atom stereocenters. The standard InChI is InChI=1S/C14H12Cl2N2O2/c1-8-3-4-9(7-17-8)18-14(19)12-10(15)5-6-11(16)13(12)20-2/h3-7H,1-2H3,(H,18,19). The van der Waals surface area contributed by atoms with Crippen LogP contribution in [0.1, 0.15) is 16.1 Å². The molecule has 1 aromatic heterocycles. The third-order valence-corrected chi connectivity index (χ3v) is 3.27. The molecule has 0 saturated heterocycles. The van der Waals surface area contributed by atoms with Crippen LogP contribution >= 0.6 is 23.2 Å². The quantitative estimate of drug-likeness (QED) is 0.933. The molecule has 1 amide bonds. The predicted molar refractivity (Wildman–Crippen MR) is 79.9 cm³/mol. The molecule has 0 aliphatic carbocycles. The van der Waals surface area contributed by atoms with Gasteiger partial charge in [0.2, 0.25) is 0 Å². The Morgan fingerprint density at radius 3 is 2.50 bits per heavy atom. The first-order valence-electron chi connectivity index (χ1n) is 5.79. The first kappa shape index (κ1) is 14.6. The van der Waals surface area contributed by atoms with E-state index in [4.69, 9.17) is 27.9 Å². The highest BCUT2D eigenvalue weighted by Gasteiger charge is 2.19. The molecule has 2 rings (SSSR count). The Kier molecular flexibility index (Phi) is 4.47. The molecular formula is C14H12Cl2N2O2. The largest absolute Gasteiger partial charge is 0.494 e. The first-order valence-corrected chi connectivity index (χ1v) is 6.54. The topological polar surface area (TPSA) is 51.2 Å². The maximum absolute atomic E-state index is 12.3. The van der Waals surface area contributed by atoms with Crippen molar-refractivity contribution in [2.45, 2.75) is 6.92 Å². The van der Waals surface area contributed by atoms with Gasteiger partial charge in [-0.1, -0.05) is 23.2 Å². The van der Waals surface area contributed by atoms with E-state index in [1.165, 1.54) is 7.11 Å². The summed E-state index contributed by atoms with van der Waals surface area (Å²) in [5, 5.41) is 3.29. The van der Waals surface area contributed by atoms with Gasteiger partial charge in [-0.3, -0.25) is 9.78 Å². The molecule has 0 fully saturated rings. The zero-order valence-electron chi connectivity index (χ0n) is 10.9. The number of pyridine rings is 1. The number of ether oxygens (including phenoxy) is 1. The van der Waals surface area contributed by atoms with Crippen LogP contribution in [0.4, 0.5) is 5.69 Å². The molecule has 20 heavy (non-hydrogen) atoms. The number of rotatable bonds is 3. The smallest absolute Gasteiger partial charge is 0.261 e. The number of aryl methyl sites for hydroxylation is 1. The third-order valence-electron chi connectivity index (χ3n) is 2.66. The number of carbonyl (C=O) groups is 1. The van der Waals surface area contributed by atoms with Gasteiger partial charge in [-0.05, 0) is 31.2 Å². The molecule has 0 bridgehead atoms. The summed E-state index contributed by atoms with van der Waals surface area (Å²) in [4.78, 5) is 16.4. The lowest BCUT2D eigenvalue weighted by atomic mass is 10.1. The van der Waals surface area contributed by atoms with E-state index in [9.17, 15) is 4.79 Å². The number of anilines is 1. The lowest BCUT2D eigenvalue weighted by Crippen LogP contribution is -2.14. The molecule has 0 radical (unpaired) electrons. The lowest BCUT2D eigenvalue weighted by Gasteiger charge is -2.12. The van der Waals surface area contributed by atoms with Crippen molar-refractivity contribution in [1.82, 2.24) is 4.98 Å². The normalized spacial score (nSPS) is 10.2. The molecule has 0 unspecified atom stereocenters. The number of aromatic nitrogens is 1. The zero-order chi connectivity index (χ0) is 14.7. The summed E-state index contributed by atoms with van der Waals surface area (Å²) >= 11 is 12.0. The second kappa shape index (κ2) is 6.11. The van der Waals surface area contributed by atoms with Gasteiger partial charge < -0.3 is 10.1 Å². The predicted octanol–water partition coefficient (Wildman–Crippen LogP) is 3.96. The van der Waals surface area contributed by atoms with Crippen LogP contribution in [0.5, 0.6) is 5.75 Å². The average molecular weight is 311 g/mol. The van der Waals surface area contributed by atoms with Crippen LogP contribution in [0.25, 0.3) is 0 Å². The average Bonchev–Trinajstić information content (AvgIpc) is 2.43. The van der Waals surface area contributed by atoms with E-state index in [1.807, 2.05) is 6.92 Å². The first-order chi connectivity index (χ1) is 9.52. The minimum Gasteiger partial charge on any atom is -0.494 e. The zero-order valence-corrected chi connectivity index (χ0v) is 12.4. The van der Waals surface area contributed by atoms with Crippen molar-refractivity contribution in [2.75, 3.05) is 12.4 Å². The number of nitrogens with zero attached hydrogens (tertiary/aromatic N) is 1. The fraction of sp³-hybridized carbons (Fsp3) is 0.143. The van der Waals surface area contributed by atoms with Gasteiger partial charge in [0.05, 0.1) is 29.0 Å². The van der Waals surface area contributed by atoms with Crippen molar-refractivity contribution in [2.24, 2.45) is 0 Å². The Bertz CT molecular complexity index is 642. The Morgan fingerprint density at radius 1 is 1.20 bits per heavy atom. The van der Waals surface area contributed by atoms with E-state index in [-0.39, 0.29) is 16.3 Å². The van der Waals surface area contributed by atoms with E-state index in [2.05, 4.69) is 10.3 Å². The Labute approximate surface area is 126 Å². The molecule has 0 aliphatic rings. The fourth-order valence-electron chi connectivity index (χ4n) is 1.68. The fourth-order valence-corrected chi connectivity index (χ4v) is 2.15. The molecule has 0 aliphatic heterocycles. The number of nitrogens with one attached hydrogen (secondary N) is 1. The molecule has 1 heterocycles. The SMILES string of the molecule is COc1c(Cl)ccc(Cl)c1C(=O)Nc1ccc(C)nc1. The highest BCUT2D eigenvalue weighted by molar-refractivity contribution is 6.37. The van der Waals surface area contributed by atoms with Gasteiger partial charge in [0.15, 0.2) is 5.75 Å². The number of carbonyl (C=O) groups excluding carboxylic acids is 1. The summed E-state index contributed by atoms with van der Waals surface area (Å²) in [5.41, 5.74) is 1.63. The highest BCUT2D eigenvalue weighted by Crippen LogP contribution is 2.34. The van der Waals surface area contributed by atoms with Crippen LogP contribution in [0, 0.1) is 6.92 Å². The van der Waals surface area contributed by atoms with E-state index in [0.717, 1.165) is 5.69 Å². The van der Waals surface area contributed by atoms with Crippen LogP contribution in [-0.4, -0.2) is 18.0 Å². The van der Waals surface area contributed by atoms with Crippen LogP contribution in [0.2, 0.25) is 10.0 Å². The second-order valence-electron chi connectivity index (χ2n) is 4.08. The molecule has 0 saturated carbocycles. The van der Waals surface area contributed by atoms with Gasteiger partial charge in [0.25, 0.3) is 5.91 Å². The van der Waals surface area contributed by atoms with E-state index in [1.54, 1.807) is 30.5 Å². The van der Waals surface area contributed by atoms with Crippen molar-refractivity contribution in [3.05, 3.63) is 51.8 Å². The number of benzene rings is 1. The molecule has 0 spiro atoms. The number of hydrogen-bond donors (Lipinski definition) is 1. The number of halogens is 2. The van der Waals surface area contributed by atoms with Crippen molar-refractivity contribution in [1.29, 1.82) is 0 Å². The van der Waals surface area contributed by atoms with Crippen molar-refractivity contribution in [3.63, 3.8) is 0 Å². The Balaban J connectivity index is 2.34. The van der Waals surface area contributed by atoms with Crippen LogP contribution in [-0.2, 0) is 0 Å². The Morgan fingerprint density at radius 2 is 1.90 bits per heavy atom. The lowest BCUT2D eigenvalue weighted by molar-refractivity contribution is 0.102. The van der Waals surface area contributed by atoms with Crippen molar-refractivity contribution < 1.29 is 9.53 Å². The van der Waals surface area contributed by atoms with Gasteiger partial charge in [0, 0.05) is 5.69 Å². The summed E-state index contributed by atoms with van der Waals surface area (Å²) in [6.07, 6.45) is 1.57. The third kappa shape index (κ3) is 3.03. The summed E-state index contributed by atoms with van der Waals surface area (Å²) in [5.74, 6) is -0.156. The highest BCUT2D eigenvalue weighted by atomic mass is 35.5. The summed E-state index contributed by atoms with van der Waals surface area (Å²) in [7, 11) is 1.43. The molecule has 4 nitrogen and oxygen atoms in total. The second-order valence-corrected chi connectivity index (χ2v) is 4.89. The van der Waals surface area contributed by atoms with Crippen LogP contribution in [0.3, 0.4) is 0 Å². The maximum Gasteiger partial charge on any atom is 0.261 e. The van der Waals surface area contributed by atoms with E-state index >= 15 is 0 Å². The summed E-state index contributed by atoms with van der Waals surface area (Å²) < 4.78 is 5.14.